The third-order valence-electron chi connectivity index (χ3n) is 4.98. The van der Waals surface area contributed by atoms with Crippen molar-refractivity contribution in [3.05, 3.63) is 93.2 Å². The van der Waals surface area contributed by atoms with Crippen LogP contribution in [0.1, 0.15) is 27.2 Å². The summed E-state index contributed by atoms with van der Waals surface area (Å²) in [5.41, 5.74) is 4.84. The van der Waals surface area contributed by atoms with E-state index in [9.17, 15) is 9.90 Å². The molecular weight excluding hydrogens is 407 g/mol. The van der Waals surface area contributed by atoms with Crippen LogP contribution in [-0.2, 0) is 6.42 Å². The molecule has 0 fully saturated rings. The van der Waals surface area contributed by atoms with E-state index in [2.05, 4.69) is 0 Å². The zero-order valence-corrected chi connectivity index (χ0v) is 17.2. The molecule has 0 atom stereocenters. The summed E-state index contributed by atoms with van der Waals surface area (Å²) in [5.74, 6) is 0.00210. The van der Waals surface area contributed by atoms with Crippen LogP contribution in [0.2, 0.25) is 10.0 Å². The predicted octanol–water partition coefficient (Wildman–Crippen LogP) is 6.48. The molecule has 1 aromatic heterocycles. The Morgan fingerprint density at radius 1 is 1.00 bits per heavy atom. The van der Waals surface area contributed by atoms with Crippen LogP contribution in [0.15, 0.2) is 65.1 Å². The molecule has 3 nitrogen and oxygen atoms in total. The van der Waals surface area contributed by atoms with Crippen LogP contribution >= 0.6 is 23.2 Å². The summed E-state index contributed by atoms with van der Waals surface area (Å²) < 4.78 is 5.96. The fourth-order valence-electron chi connectivity index (χ4n) is 3.45. The largest absolute Gasteiger partial charge is 0.452 e. The number of ketones is 1. The SMILES string of the molecule is Cc1c(C(=O)c2ccc(Cl)cc2Cl)oc2cc(-c3cccc(CCO)c3)ccc12. The Balaban J connectivity index is 1.76. The van der Waals surface area contributed by atoms with E-state index in [0.29, 0.717) is 27.6 Å². The molecule has 0 amide bonds. The maximum Gasteiger partial charge on any atom is 0.229 e. The molecular formula is C24H18Cl2O3. The van der Waals surface area contributed by atoms with Gasteiger partial charge in [0.25, 0.3) is 0 Å². The van der Waals surface area contributed by atoms with Crippen LogP contribution < -0.4 is 0 Å². The maximum atomic E-state index is 13.0. The van der Waals surface area contributed by atoms with Gasteiger partial charge in [-0.25, -0.2) is 0 Å². The molecule has 1 N–H and O–H groups in total. The third-order valence-corrected chi connectivity index (χ3v) is 5.53. The standard InChI is InChI=1S/C24H18Cl2O3/c1-14-19-7-5-17(16-4-2-3-15(11-16)9-10-27)12-22(19)29-24(14)23(28)20-8-6-18(25)13-21(20)26/h2-8,11-13,27H,9-10H2,1H3. The van der Waals surface area contributed by atoms with Gasteiger partial charge in [0.2, 0.25) is 5.78 Å². The Morgan fingerprint density at radius 2 is 1.79 bits per heavy atom. The molecule has 4 rings (SSSR count). The number of aryl methyl sites for hydroxylation is 1. The van der Waals surface area contributed by atoms with E-state index >= 15 is 0 Å². The maximum absolute atomic E-state index is 13.0. The lowest BCUT2D eigenvalue weighted by Crippen LogP contribution is -2.02. The Morgan fingerprint density at radius 3 is 2.55 bits per heavy atom. The van der Waals surface area contributed by atoms with Crippen molar-refractivity contribution in [2.24, 2.45) is 0 Å². The van der Waals surface area contributed by atoms with Crippen LogP contribution in [0.5, 0.6) is 0 Å². The van der Waals surface area contributed by atoms with Crippen molar-refractivity contribution in [2.45, 2.75) is 13.3 Å². The van der Waals surface area contributed by atoms with Crippen LogP contribution in [0.4, 0.5) is 0 Å². The smallest absolute Gasteiger partial charge is 0.229 e. The average molecular weight is 425 g/mol. The number of rotatable bonds is 5. The Labute approximate surface area is 178 Å². The average Bonchev–Trinajstić information content (AvgIpc) is 3.04. The molecule has 0 bridgehead atoms. The van der Waals surface area contributed by atoms with E-state index in [1.165, 1.54) is 0 Å². The molecule has 0 radical (unpaired) electrons. The van der Waals surface area contributed by atoms with E-state index in [0.717, 1.165) is 27.6 Å². The summed E-state index contributed by atoms with van der Waals surface area (Å²) in [4.78, 5) is 13.0. The summed E-state index contributed by atoms with van der Waals surface area (Å²) >= 11 is 12.1. The lowest BCUT2D eigenvalue weighted by Gasteiger charge is -2.05. The molecule has 146 valence electrons. The number of hydrogen-bond acceptors (Lipinski definition) is 3. The summed E-state index contributed by atoms with van der Waals surface area (Å²) in [6, 6.07) is 18.7. The quantitative estimate of drug-likeness (QED) is 0.372. The van der Waals surface area contributed by atoms with E-state index in [4.69, 9.17) is 27.6 Å². The second kappa shape index (κ2) is 8.03. The number of fused-ring (bicyclic) bond motifs is 1. The minimum Gasteiger partial charge on any atom is -0.452 e. The molecule has 0 aliphatic heterocycles. The zero-order chi connectivity index (χ0) is 20.5. The Hall–Kier alpha value is -2.59. The van der Waals surface area contributed by atoms with Crippen LogP contribution in [0.25, 0.3) is 22.1 Å². The second-order valence-corrected chi connectivity index (χ2v) is 7.74. The molecule has 0 aliphatic rings. The van der Waals surface area contributed by atoms with Crippen LogP contribution in [0, 0.1) is 6.92 Å². The first-order chi connectivity index (χ1) is 14.0. The number of benzene rings is 3. The van der Waals surface area contributed by atoms with Gasteiger partial charge in [0.05, 0.1) is 5.02 Å². The van der Waals surface area contributed by atoms with Crippen molar-refractivity contribution < 1.29 is 14.3 Å². The number of aliphatic hydroxyl groups excluding tert-OH is 1. The monoisotopic (exact) mass is 424 g/mol. The highest BCUT2D eigenvalue weighted by molar-refractivity contribution is 6.37. The van der Waals surface area contributed by atoms with Crippen molar-refractivity contribution in [3.8, 4) is 11.1 Å². The number of halogens is 2. The predicted molar refractivity (Wildman–Crippen MR) is 117 cm³/mol. The number of furan rings is 1. The fraction of sp³-hybridized carbons (Fsp3) is 0.125. The first-order valence-corrected chi connectivity index (χ1v) is 9.96. The minimum atomic E-state index is -0.271. The minimum absolute atomic E-state index is 0.110. The molecule has 0 spiro atoms. The van der Waals surface area contributed by atoms with E-state index in [-0.39, 0.29) is 18.2 Å². The summed E-state index contributed by atoms with van der Waals surface area (Å²) in [5, 5.41) is 10.8. The highest BCUT2D eigenvalue weighted by Crippen LogP contribution is 2.33. The van der Waals surface area contributed by atoms with Gasteiger partial charge in [-0.2, -0.15) is 0 Å². The highest BCUT2D eigenvalue weighted by atomic mass is 35.5. The molecule has 29 heavy (non-hydrogen) atoms. The van der Waals surface area contributed by atoms with Crippen molar-refractivity contribution in [2.75, 3.05) is 6.61 Å². The molecule has 1 heterocycles. The molecule has 5 heteroatoms. The number of carbonyl (C=O) groups is 1. The topological polar surface area (TPSA) is 50.4 Å². The molecule has 3 aromatic carbocycles. The molecule has 0 saturated carbocycles. The molecule has 0 aliphatic carbocycles. The fourth-order valence-corrected chi connectivity index (χ4v) is 3.95. The summed E-state index contributed by atoms with van der Waals surface area (Å²) in [6.45, 7) is 1.98. The van der Waals surface area contributed by atoms with Crippen molar-refractivity contribution >= 4 is 40.0 Å². The van der Waals surface area contributed by atoms with E-state index in [1.54, 1.807) is 18.2 Å². The third kappa shape index (κ3) is 3.82. The van der Waals surface area contributed by atoms with Gasteiger partial charge in [-0.1, -0.05) is 59.6 Å². The molecule has 0 unspecified atom stereocenters. The van der Waals surface area contributed by atoms with Crippen molar-refractivity contribution in [1.29, 1.82) is 0 Å². The Bertz CT molecular complexity index is 1220. The molecule has 0 saturated heterocycles. The van der Waals surface area contributed by atoms with Gasteiger partial charge in [0.15, 0.2) is 5.76 Å². The van der Waals surface area contributed by atoms with Gasteiger partial charge in [-0.3, -0.25) is 4.79 Å². The number of carbonyl (C=O) groups excluding carboxylic acids is 1. The summed E-state index contributed by atoms with van der Waals surface area (Å²) in [6.07, 6.45) is 0.608. The second-order valence-electron chi connectivity index (χ2n) is 6.89. The van der Waals surface area contributed by atoms with Gasteiger partial charge in [0.1, 0.15) is 5.58 Å². The number of hydrogen-bond donors (Lipinski definition) is 1. The van der Waals surface area contributed by atoms with Gasteiger partial charge < -0.3 is 9.52 Å². The van der Waals surface area contributed by atoms with Gasteiger partial charge in [0, 0.05) is 28.1 Å². The van der Waals surface area contributed by atoms with Gasteiger partial charge in [-0.05, 0) is 54.3 Å². The van der Waals surface area contributed by atoms with E-state index in [1.807, 2.05) is 49.4 Å². The molecule has 4 aromatic rings. The highest BCUT2D eigenvalue weighted by Gasteiger charge is 2.21. The van der Waals surface area contributed by atoms with Crippen molar-refractivity contribution in [3.63, 3.8) is 0 Å². The number of aliphatic hydroxyl groups is 1. The van der Waals surface area contributed by atoms with Gasteiger partial charge >= 0.3 is 0 Å². The zero-order valence-electron chi connectivity index (χ0n) is 15.7. The first kappa shape index (κ1) is 19.7. The van der Waals surface area contributed by atoms with Gasteiger partial charge in [-0.15, -0.1) is 0 Å². The Kier molecular flexibility index (Phi) is 5.46. The normalized spacial score (nSPS) is 11.2. The lowest BCUT2D eigenvalue weighted by atomic mass is 10.00. The van der Waals surface area contributed by atoms with Crippen LogP contribution in [0.3, 0.4) is 0 Å². The first-order valence-electron chi connectivity index (χ1n) is 9.21. The van der Waals surface area contributed by atoms with E-state index < -0.39 is 0 Å². The van der Waals surface area contributed by atoms with Crippen molar-refractivity contribution in [1.82, 2.24) is 0 Å². The lowest BCUT2D eigenvalue weighted by molar-refractivity contribution is 0.101. The van der Waals surface area contributed by atoms with Crippen LogP contribution in [-0.4, -0.2) is 17.5 Å². The summed E-state index contributed by atoms with van der Waals surface area (Å²) in [7, 11) is 0.